The molecular weight excluding hydrogens is 164 g/mol. The van der Waals surface area contributed by atoms with Crippen LogP contribution in [0.2, 0.25) is 0 Å². The predicted octanol–water partition coefficient (Wildman–Crippen LogP) is 1.87. The fourth-order valence-electron chi connectivity index (χ4n) is 2.10. The lowest BCUT2D eigenvalue weighted by atomic mass is 10.0. The molecule has 1 aromatic heterocycles. The maximum absolute atomic E-state index is 5.55. The standard InChI is InChI=1S/C10H16N2O/c11-6-9-10(13-7-12-9)5-8-3-1-2-4-8/h7-8H,1-6,11H2. The van der Waals surface area contributed by atoms with E-state index >= 15 is 0 Å². The van der Waals surface area contributed by atoms with Crippen molar-refractivity contribution < 1.29 is 4.42 Å². The Morgan fingerprint density at radius 3 is 2.92 bits per heavy atom. The van der Waals surface area contributed by atoms with Crippen molar-refractivity contribution in [2.75, 3.05) is 0 Å². The Hall–Kier alpha value is -0.830. The molecule has 0 radical (unpaired) electrons. The van der Waals surface area contributed by atoms with Gasteiger partial charge in [0.05, 0.1) is 5.69 Å². The summed E-state index contributed by atoms with van der Waals surface area (Å²) in [4.78, 5) is 4.09. The smallest absolute Gasteiger partial charge is 0.181 e. The first-order chi connectivity index (χ1) is 6.40. The highest BCUT2D eigenvalue weighted by Gasteiger charge is 2.18. The summed E-state index contributed by atoms with van der Waals surface area (Å²) in [6, 6.07) is 0. The van der Waals surface area contributed by atoms with Crippen LogP contribution in [0.5, 0.6) is 0 Å². The molecule has 0 aromatic carbocycles. The zero-order valence-corrected chi connectivity index (χ0v) is 7.83. The Balaban J connectivity index is 1.99. The van der Waals surface area contributed by atoms with Crippen LogP contribution in [-0.4, -0.2) is 4.98 Å². The van der Waals surface area contributed by atoms with Gasteiger partial charge in [-0.1, -0.05) is 25.7 Å². The lowest BCUT2D eigenvalue weighted by Gasteiger charge is -2.06. The van der Waals surface area contributed by atoms with Crippen LogP contribution in [0.25, 0.3) is 0 Å². The number of aromatic nitrogens is 1. The first-order valence-corrected chi connectivity index (χ1v) is 5.01. The lowest BCUT2D eigenvalue weighted by Crippen LogP contribution is -2.04. The van der Waals surface area contributed by atoms with Gasteiger partial charge < -0.3 is 10.2 Å². The van der Waals surface area contributed by atoms with E-state index in [4.69, 9.17) is 10.2 Å². The van der Waals surface area contributed by atoms with Crippen LogP contribution >= 0.6 is 0 Å². The van der Waals surface area contributed by atoms with Crippen LogP contribution in [0, 0.1) is 5.92 Å². The van der Waals surface area contributed by atoms with Crippen LogP contribution < -0.4 is 5.73 Å². The van der Waals surface area contributed by atoms with Crippen molar-refractivity contribution in [2.24, 2.45) is 11.7 Å². The second-order valence-electron chi connectivity index (χ2n) is 3.78. The molecule has 0 bridgehead atoms. The van der Waals surface area contributed by atoms with Gasteiger partial charge >= 0.3 is 0 Å². The summed E-state index contributed by atoms with van der Waals surface area (Å²) in [5.74, 6) is 1.81. The molecule has 1 saturated carbocycles. The van der Waals surface area contributed by atoms with Gasteiger partial charge in [0.1, 0.15) is 5.76 Å². The van der Waals surface area contributed by atoms with Gasteiger partial charge in [-0.2, -0.15) is 0 Å². The van der Waals surface area contributed by atoms with Gasteiger partial charge in [0.2, 0.25) is 0 Å². The molecule has 2 N–H and O–H groups in total. The summed E-state index contributed by atoms with van der Waals surface area (Å²) in [7, 11) is 0. The number of hydrogen-bond donors (Lipinski definition) is 1. The van der Waals surface area contributed by atoms with Gasteiger partial charge in [0.15, 0.2) is 6.39 Å². The third-order valence-electron chi connectivity index (χ3n) is 2.87. The van der Waals surface area contributed by atoms with Crippen molar-refractivity contribution in [2.45, 2.75) is 38.6 Å². The molecule has 1 aliphatic carbocycles. The zero-order chi connectivity index (χ0) is 9.10. The highest BCUT2D eigenvalue weighted by molar-refractivity contribution is 5.07. The average Bonchev–Trinajstić information content (AvgIpc) is 2.76. The molecule has 0 atom stereocenters. The molecule has 2 rings (SSSR count). The summed E-state index contributed by atoms with van der Waals surface area (Å²) >= 11 is 0. The largest absolute Gasteiger partial charge is 0.448 e. The van der Waals surface area contributed by atoms with E-state index in [1.165, 1.54) is 32.1 Å². The van der Waals surface area contributed by atoms with Gasteiger partial charge in [-0.3, -0.25) is 0 Å². The highest BCUT2D eigenvalue weighted by Crippen LogP contribution is 2.28. The van der Waals surface area contributed by atoms with E-state index in [-0.39, 0.29) is 0 Å². The van der Waals surface area contributed by atoms with Crippen molar-refractivity contribution in [3.05, 3.63) is 17.8 Å². The minimum Gasteiger partial charge on any atom is -0.448 e. The van der Waals surface area contributed by atoms with Gasteiger partial charge in [-0.05, 0) is 5.92 Å². The molecule has 1 aromatic rings. The van der Waals surface area contributed by atoms with Crippen LogP contribution in [0.1, 0.15) is 37.1 Å². The molecule has 3 nitrogen and oxygen atoms in total. The number of hydrogen-bond acceptors (Lipinski definition) is 3. The molecule has 1 aliphatic rings. The van der Waals surface area contributed by atoms with Gasteiger partial charge in [0, 0.05) is 13.0 Å². The van der Waals surface area contributed by atoms with Gasteiger partial charge in [0.25, 0.3) is 0 Å². The van der Waals surface area contributed by atoms with E-state index in [0.29, 0.717) is 6.54 Å². The van der Waals surface area contributed by atoms with Crippen molar-refractivity contribution in [1.82, 2.24) is 4.98 Å². The van der Waals surface area contributed by atoms with Crippen molar-refractivity contribution in [3.8, 4) is 0 Å². The van der Waals surface area contributed by atoms with E-state index < -0.39 is 0 Å². The molecule has 0 unspecified atom stereocenters. The summed E-state index contributed by atoms with van der Waals surface area (Å²) in [5.41, 5.74) is 6.48. The molecular formula is C10H16N2O. The maximum Gasteiger partial charge on any atom is 0.181 e. The van der Waals surface area contributed by atoms with Crippen LogP contribution in [0.15, 0.2) is 10.8 Å². The van der Waals surface area contributed by atoms with Crippen LogP contribution in [0.3, 0.4) is 0 Å². The average molecular weight is 180 g/mol. The summed E-state index contributed by atoms with van der Waals surface area (Å²) in [6.45, 7) is 0.499. The topological polar surface area (TPSA) is 52.0 Å². The number of nitrogens with zero attached hydrogens (tertiary/aromatic N) is 1. The molecule has 0 amide bonds. The summed E-state index contributed by atoms with van der Waals surface area (Å²) < 4.78 is 5.33. The molecule has 3 heteroatoms. The quantitative estimate of drug-likeness (QED) is 0.772. The molecule has 0 spiro atoms. The second-order valence-corrected chi connectivity index (χ2v) is 3.78. The van der Waals surface area contributed by atoms with Crippen LogP contribution in [0.4, 0.5) is 0 Å². The van der Waals surface area contributed by atoms with Crippen molar-refractivity contribution in [1.29, 1.82) is 0 Å². The summed E-state index contributed by atoms with van der Waals surface area (Å²) in [5, 5.41) is 0. The third-order valence-corrected chi connectivity index (χ3v) is 2.87. The minimum atomic E-state index is 0.499. The predicted molar refractivity (Wildman–Crippen MR) is 50.1 cm³/mol. The SMILES string of the molecule is NCc1ncoc1CC1CCCC1. The Kier molecular flexibility index (Phi) is 2.64. The number of nitrogens with two attached hydrogens (primary N) is 1. The Labute approximate surface area is 78.3 Å². The normalized spacial score (nSPS) is 18.2. The van der Waals surface area contributed by atoms with Gasteiger partial charge in [-0.25, -0.2) is 4.98 Å². The van der Waals surface area contributed by atoms with Crippen molar-refractivity contribution >= 4 is 0 Å². The van der Waals surface area contributed by atoms with Gasteiger partial charge in [-0.15, -0.1) is 0 Å². The molecule has 1 heterocycles. The second kappa shape index (κ2) is 3.92. The Morgan fingerprint density at radius 2 is 2.23 bits per heavy atom. The fraction of sp³-hybridized carbons (Fsp3) is 0.700. The van der Waals surface area contributed by atoms with Crippen LogP contribution in [-0.2, 0) is 13.0 Å². The molecule has 72 valence electrons. The van der Waals surface area contributed by atoms with E-state index in [2.05, 4.69) is 4.98 Å². The van der Waals surface area contributed by atoms with E-state index in [1.54, 1.807) is 0 Å². The minimum absolute atomic E-state index is 0.499. The summed E-state index contributed by atoms with van der Waals surface area (Å²) in [6.07, 6.45) is 7.96. The number of oxazole rings is 1. The number of rotatable bonds is 3. The monoisotopic (exact) mass is 180 g/mol. The highest BCUT2D eigenvalue weighted by atomic mass is 16.3. The Bertz CT molecular complexity index is 264. The lowest BCUT2D eigenvalue weighted by molar-refractivity contribution is 0.439. The molecule has 0 aliphatic heterocycles. The third kappa shape index (κ3) is 1.91. The molecule has 0 saturated heterocycles. The Morgan fingerprint density at radius 1 is 1.46 bits per heavy atom. The van der Waals surface area contributed by atoms with E-state index in [0.717, 1.165) is 23.8 Å². The molecule has 13 heavy (non-hydrogen) atoms. The molecule has 1 fully saturated rings. The maximum atomic E-state index is 5.55. The first kappa shape index (κ1) is 8.75. The van der Waals surface area contributed by atoms with E-state index in [1.807, 2.05) is 0 Å². The first-order valence-electron chi connectivity index (χ1n) is 5.01. The van der Waals surface area contributed by atoms with E-state index in [9.17, 15) is 0 Å². The zero-order valence-electron chi connectivity index (χ0n) is 7.83. The van der Waals surface area contributed by atoms with Crippen molar-refractivity contribution in [3.63, 3.8) is 0 Å². The fourth-order valence-corrected chi connectivity index (χ4v) is 2.10.